The van der Waals surface area contributed by atoms with Gasteiger partial charge in [-0.25, -0.2) is 4.98 Å². The van der Waals surface area contributed by atoms with Gasteiger partial charge in [0.2, 0.25) is 0 Å². The summed E-state index contributed by atoms with van der Waals surface area (Å²) in [7, 11) is 0. The SMILES string of the molecule is CCOC(=O)CCN(CCC(=O)OCC)c1ccc2nc3c(cc(O)c4ccc(=O)cc43)oc2c1. The van der Waals surface area contributed by atoms with E-state index in [0.29, 0.717) is 59.3 Å². The van der Waals surface area contributed by atoms with Crippen LogP contribution >= 0.6 is 0 Å². The zero-order valence-electron chi connectivity index (χ0n) is 19.6. The topological polar surface area (TPSA) is 119 Å². The average molecular weight is 479 g/mol. The molecular formula is C26H26N2O7. The van der Waals surface area contributed by atoms with E-state index in [4.69, 9.17) is 13.9 Å². The van der Waals surface area contributed by atoms with E-state index in [1.165, 1.54) is 18.2 Å². The van der Waals surface area contributed by atoms with Crippen molar-refractivity contribution in [2.75, 3.05) is 31.2 Å². The van der Waals surface area contributed by atoms with Gasteiger partial charge >= 0.3 is 11.9 Å². The van der Waals surface area contributed by atoms with E-state index >= 15 is 0 Å². The molecule has 0 bridgehead atoms. The number of phenols is 1. The number of phenolic OH excluding ortho intramolecular Hbond substituents is 1. The summed E-state index contributed by atoms with van der Waals surface area (Å²) in [4.78, 5) is 42.3. The molecule has 0 saturated heterocycles. The molecule has 4 aromatic rings. The molecule has 0 atom stereocenters. The van der Waals surface area contributed by atoms with Crippen molar-refractivity contribution in [3.63, 3.8) is 0 Å². The van der Waals surface area contributed by atoms with Crippen LogP contribution in [0.2, 0.25) is 0 Å². The van der Waals surface area contributed by atoms with Crippen molar-refractivity contribution in [2.45, 2.75) is 26.7 Å². The fourth-order valence-corrected chi connectivity index (χ4v) is 3.94. The maximum absolute atomic E-state index is 11.9. The van der Waals surface area contributed by atoms with Gasteiger partial charge in [-0.1, -0.05) is 0 Å². The van der Waals surface area contributed by atoms with Gasteiger partial charge in [0.05, 0.1) is 26.1 Å². The highest BCUT2D eigenvalue weighted by Gasteiger charge is 2.16. The first-order valence-corrected chi connectivity index (χ1v) is 11.5. The van der Waals surface area contributed by atoms with E-state index in [2.05, 4.69) is 4.98 Å². The van der Waals surface area contributed by atoms with Gasteiger partial charge in [-0.2, -0.15) is 0 Å². The Hall–Kier alpha value is -4.14. The molecule has 0 aliphatic heterocycles. The van der Waals surface area contributed by atoms with Crippen LogP contribution in [0.3, 0.4) is 0 Å². The lowest BCUT2D eigenvalue weighted by atomic mass is 10.1. The normalized spacial score (nSPS) is 11.1. The van der Waals surface area contributed by atoms with Crippen molar-refractivity contribution in [1.82, 2.24) is 4.98 Å². The molecular weight excluding hydrogens is 452 g/mol. The molecule has 0 aliphatic rings. The highest BCUT2D eigenvalue weighted by molar-refractivity contribution is 6.07. The molecule has 182 valence electrons. The van der Waals surface area contributed by atoms with Crippen LogP contribution < -0.4 is 10.3 Å². The van der Waals surface area contributed by atoms with Crippen LogP contribution in [0.1, 0.15) is 26.7 Å². The van der Waals surface area contributed by atoms with Crippen molar-refractivity contribution >= 4 is 50.6 Å². The molecule has 0 saturated carbocycles. The number of aromatic nitrogens is 1. The number of carbonyl (C=O) groups is 2. The van der Waals surface area contributed by atoms with Crippen LogP contribution in [0.15, 0.2) is 51.7 Å². The molecule has 9 heteroatoms. The predicted molar refractivity (Wildman–Crippen MR) is 132 cm³/mol. The van der Waals surface area contributed by atoms with Crippen LogP contribution in [0.25, 0.3) is 33.0 Å². The van der Waals surface area contributed by atoms with E-state index in [1.807, 2.05) is 11.0 Å². The largest absolute Gasteiger partial charge is 0.507 e. The first-order valence-electron chi connectivity index (χ1n) is 11.5. The van der Waals surface area contributed by atoms with Gasteiger partial charge in [0.1, 0.15) is 16.8 Å². The molecule has 0 radical (unpaired) electrons. The van der Waals surface area contributed by atoms with Crippen molar-refractivity contribution in [1.29, 1.82) is 0 Å². The molecule has 0 amide bonds. The number of nitrogens with zero attached hydrogens (tertiary/aromatic N) is 2. The van der Waals surface area contributed by atoms with Crippen molar-refractivity contribution in [3.05, 3.63) is 52.7 Å². The highest BCUT2D eigenvalue weighted by Crippen LogP contribution is 2.33. The summed E-state index contributed by atoms with van der Waals surface area (Å²) >= 11 is 0. The van der Waals surface area contributed by atoms with Crippen LogP contribution in [0.4, 0.5) is 5.69 Å². The summed E-state index contributed by atoms with van der Waals surface area (Å²) in [5.74, 6) is -0.669. The van der Waals surface area contributed by atoms with Crippen LogP contribution in [0, 0.1) is 0 Å². The third-order valence-corrected chi connectivity index (χ3v) is 5.57. The van der Waals surface area contributed by atoms with E-state index < -0.39 is 0 Å². The number of anilines is 1. The number of esters is 2. The quantitative estimate of drug-likeness (QED) is 0.217. The van der Waals surface area contributed by atoms with Gasteiger partial charge in [-0.05, 0) is 44.2 Å². The zero-order valence-corrected chi connectivity index (χ0v) is 19.6. The van der Waals surface area contributed by atoms with Crippen LogP contribution in [0.5, 0.6) is 5.75 Å². The molecule has 0 aliphatic carbocycles. The fraction of sp³-hybridized carbons (Fsp3) is 0.308. The highest BCUT2D eigenvalue weighted by atomic mass is 16.5. The van der Waals surface area contributed by atoms with Crippen LogP contribution in [-0.2, 0) is 19.1 Å². The van der Waals surface area contributed by atoms with Gasteiger partial charge in [0.15, 0.2) is 16.6 Å². The summed E-state index contributed by atoms with van der Waals surface area (Å²) < 4.78 is 16.1. The van der Waals surface area contributed by atoms with Gasteiger partial charge < -0.3 is 23.9 Å². The maximum atomic E-state index is 11.9. The molecule has 1 aromatic heterocycles. The number of hydrogen-bond donors (Lipinski definition) is 1. The summed E-state index contributed by atoms with van der Waals surface area (Å²) in [6.07, 6.45) is 0.304. The Labute approximate surface area is 200 Å². The molecule has 4 rings (SSSR count). The number of hydrogen-bond acceptors (Lipinski definition) is 9. The number of carbonyl (C=O) groups excluding carboxylic acids is 2. The van der Waals surface area contributed by atoms with E-state index in [-0.39, 0.29) is 36.0 Å². The van der Waals surface area contributed by atoms with E-state index in [1.54, 1.807) is 32.0 Å². The number of benzene rings is 3. The minimum atomic E-state index is -0.327. The third kappa shape index (κ3) is 5.34. The molecule has 1 N–H and O–H groups in total. The Balaban J connectivity index is 1.72. The van der Waals surface area contributed by atoms with Gasteiger partial charge in [-0.3, -0.25) is 14.4 Å². The molecule has 1 heterocycles. The Kier molecular flexibility index (Phi) is 7.14. The molecule has 0 fully saturated rings. The van der Waals surface area contributed by atoms with E-state index in [9.17, 15) is 19.5 Å². The maximum Gasteiger partial charge on any atom is 0.307 e. The average Bonchev–Trinajstić information content (AvgIpc) is 2.83. The molecule has 3 aromatic carbocycles. The Morgan fingerprint density at radius 3 is 2.26 bits per heavy atom. The summed E-state index contributed by atoms with van der Waals surface area (Å²) in [6, 6.07) is 11.2. The van der Waals surface area contributed by atoms with E-state index in [0.717, 1.165) is 5.69 Å². The monoisotopic (exact) mass is 478 g/mol. The Morgan fingerprint density at radius 1 is 0.914 bits per heavy atom. The zero-order chi connectivity index (χ0) is 24.9. The molecule has 0 unspecified atom stereocenters. The second kappa shape index (κ2) is 10.4. The third-order valence-electron chi connectivity index (χ3n) is 5.57. The minimum Gasteiger partial charge on any atom is -0.507 e. The second-order valence-electron chi connectivity index (χ2n) is 7.91. The van der Waals surface area contributed by atoms with Crippen molar-refractivity contribution in [2.24, 2.45) is 0 Å². The van der Waals surface area contributed by atoms with Gasteiger partial charge in [0.25, 0.3) is 0 Å². The standard InChI is InChI=1S/C26H26N2O7/c1-3-33-24(31)9-11-28(12-10-25(32)34-4-2)16-5-8-20-22(13-16)35-23-15-21(30)18-7-6-17(29)14-19(18)26(23)27-20/h5-8,13-15,30H,3-4,9-12H2,1-2H3. The Morgan fingerprint density at radius 2 is 1.60 bits per heavy atom. The molecule has 35 heavy (non-hydrogen) atoms. The van der Waals surface area contributed by atoms with Crippen molar-refractivity contribution in [3.8, 4) is 5.75 Å². The summed E-state index contributed by atoms with van der Waals surface area (Å²) in [6.45, 7) is 4.76. The number of ether oxygens (including phenoxy) is 2. The lowest BCUT2D eigenvalue weighted by Gasteiger charge is -2.24. The fourth-order valence-electron chi connectivity index (χ4n) is 3.94. The minimum absolute atomic E-state index is 0.0148. The lowest BCUT2D eigenvalue weighted by Crippen LogP contribution is -2.29. The lowest BCUT2D eigenvalue weighted by molar-refractivity contribution is -0.143. The van der Waals surface area contributed by atoms with Gasteiger partial charge in [0, 0.05) is 41.7 Å². The summed E-state index contributed by atoms with van der Waals surface area (Å²) in [5.41, 5.74) is 2.33. The molecule has 0 spiro atoms. The van der Waals surface area contributed by atoms with Gasteiger partial charge in [-0.15, -0.1) is 0 Å². The smallest absolute Gasteiger partial charge is 0.307 e. The predicted octanol–water partition coefficient (Wildman–Crippen LogP) is 3.91. The number of fused-ring (bicyclic) bond motifs is 4. The first kappa shape index (κ1) is 24.0. The second-order valence-corrected chi connectivity index (χ2v) is 7.91. The number of rotatable bonds is 9. The molecule has 9 nitrogen and oxygen atoms in total. The first-order chi connectivity index (χ1) is 16.9. The van der Waals surface area contributed by atoms with Crippen LogP contribution in [-0.4, -0.2) is 48.3 Å². The summed E-state index contributed by atoms with van der Waals surface area (Å²) in [5, 5.41) is 11.4. The Bertz CT molecular complexity index is 1440. The number of aromatic hydroxyl groups is 1. The van der Waals surface area contributed by atoms with Crippen molar-refractivity contribution < 1.29 is 28.6 Å².